The Balaban J connectivity index is 1.48. The summed E-state index contributed by atoms with van der Waals surface area (Å²) in [5.41, 5.74) is 7.55. The number of oxazole rings is 1. The second-order valence-corrected chi connectivity index (χ2v) is 7.28. The van der Waals surface area contributed by atoms with Gasteiger partial charge in [0.15, 0.2) is 11.4 Å². The van der Waals surface area contributed by atoms with Crippen LogP contribution in [0.3, 0.4) is 0 Å². The molecule has 1 aliphatic heterocycles. The summed E-state index contributed by atoms with van der Waals surface area (Å²) >= 11 is 0. The third-order valence-corrected chi connectivity index (χ3v) is 5.10. The number of aryl methyl sites for hydroxylation is 1. The molecule has 29 heavy (non-hydrogen) atoms. The minimum absolute atomic E-state index is 0.0428. The van der Waals surface area contributed by atoms with E-state index in [-0.39, 0.29) is 12.3 Å². The first kappa shape index (κ1) is 19.3. The largest absolute Gasteiger partial charge is 0.422 e. The van der Waals surface area contributed by atoms with E-state index in [2.05, 4.69) is 25.0 Å². The topological polar surface area (TPSA) is 125 Å². The van der Waals surface area contributed by atoms with Crippen molar-refractivity contribution in [2.24, 2.45) is 5.73 Å². The van der Waals surface area contributed by atoms with Gasteiger partial charge >= 0.3 is 0 Å². The van der Waals surface area contributed by atoms with Crippen LogP contribution in [-0.2, 0) is 22.5 Å². The number of piperidine rings is 1. The van der Waals surface area contributed by atoms with Crippen molar-refractivity contribution in [3.05, 3.63) is 29.5 Å². The normalized spacial score (nSPS) is 15.3. The molecule has 0 atom stereocenters. The summed E-state index contributed by atoms with van der Waals surface area (Å²) in [5, 5.41) is 4.45. The monoisotopic (exact) mass is 399 g/mol. The van der Waals surface area contributed by atoms with E-state index in [0.29, 0.717) is 36.2 Å². The lowest BCUT2D eigenvalue weighted by atomic mass is 9.96. The number of aromatic nitrogens is 5. The van der Waals surface area contributed by atoms with Crippen LogP contribution < -0.4 is 10.6 Å². The van der Waals surface area contributed by atoms with Crippen molar-refractivity contribution < 1.29 is 13.9 Å². The highest BCUT2D eigenvalue weighted by Gasteiger charge is 2.28. The molecule has 0 aromatic carbocycles. The molecule has 154 valence electrons. The van der Waals surface area contributed by atoms with E-state index in [4.69, 9.17) is 14.9 Å². The van der Waals surface area contributed by atoms with Gasteiger partial charge in [0, 0.05) is 31.8 Å². The highest BCUT2D eigenvalue weighted by molar-refractivity contribution is 5.75. The number of fused-ring (bicyclic) bond motifs is 1. The molecule has 10 nitrogen and oxygen atoms in total. The molecule has 1 amide bonds. The smallest absolute Gasteiger partial charge is 0.299 e. The van der Waals surface area contributed by atoms with Crippen LogP contribution >= 0.6 is 0 Å². The molecule has 0 bridgehead atoms. The molecular weight excluding hydrogens is 374 g/mol. The number of nitrogens with two attached hydrogens (primary N) is 1. The molecule has 10 heteroatoms. The van der Waals surface area contributed by atoms with Crippen molar-refractivity contribution in [1.82, 2.24) is 24.7 Å². The summed E-state index contributed by atoms with van der Waals surface area (Å²) in [4.78, 5) is 26.9. The van der Waals surface area contributed by atoms with Crippen molar-refractivity contribution in [2.45, 2.75) is 38.6 Å². The van der Waals surface area contributed by atoms with Crippen molar-refractivity contribution >= 4 is 23.2 Å². The number of pyridine rings is 1. The third-order valence-electron chi connectivity index (χ3n) is 5.10. The molecule has 1 fully saturated rings. The average molecular weight is 399 g/mol. The molecule has 0 unspecified atom stereocenters. The lowest BCUT2D eigenvalue weighted by Gasteiger charge is -2.30. The SMILES string of the molecule is COCCn1nc(CC(N)=O)nc1C1CCN(c2nc3nc(C)ccc3o2)CC1. The molecule has 0 radical (unpaired) electrons. The van der Waals surface area contributed by atoms with Crippen LogP contribution in [0, 0.1) is 6.92 Å². The number of methoxy groups -OCH3 is 1. The maximum atomic E-state index is 11.3. The van der Waals surface area contributed by atoms with E-state index >= 15 is 0 Å². The average Bonchev–Trinajstić information content (AvgIpc) is 3.29. The van der Waals surface area contributed by atoms with Crippen molar-refractivity contribution in [3.63, 3.8) is 0 Å². The molecule has 0 spiro atoms. The van der Waals surface area contributed by atoms with Gasteiger partial charge in [-0.3, -0.25) is 4.79 Å². The van der Waals surface area contributed by atoms with Gasteiger partial charge in [0.25, 0.3) is 6.01 Å². The Bertz CT molecular complexity index is 1000. The predicted molar refractivity (Wildman–Crippen MR) is 106 cm³/mol. The molecule has 4 heterocycles. The second kappa shape index (κ2) is 8.16. The minimum atomic E-state index is -0.435. The van der Waals surface area contributed by atoms with E-state index in [1.165, 1.54) is 0 Å². The second-order valence-electron chi connectivity index (χ2n) is 7.28. The number of anilines is 1. The van der Waals surface area contributed by atoms with Crippen LogP contribution in [0.2, 0.25) is 0 Å². The Labute approximate surface area is 168 Å². The Morgan fingerprint density at radius 1 is 1.28 bits per heavy atom. The van der Waals surface area contributed by atoms with Gasteiger partial charge in [0.05, 0.1) is 19.6 Å². The first-order chi connectivity index (χ1) is 14.0. The highest BCUT2D eigenvalue weighted by atomic mass is 16.5. The summed E-state index contributed by atoms with van der Waals surface area (Å²) in [5.74, 6) is 1.15. The van der Waals surface area contributed by atoms with Crippen molar-refractivity contribution in [3.8, 4) is 0 Å². The zero-order chi connectivity index (χ0) is 20.4. The standard InChI is InChI=1S/C19H25N7O3/c1-12-3-4-14-17(21-12)23-19(29-14)25-7-5-13(6-8-25)18-22-16(11-15(20)27)24-26(18)9-10-28-2/h3-4,13H,5-11H2,1-2H3,(H2,20,27). The number of rotatable bonds is 7. The van der Waals surface area contributed by atoms with Gasteiger partial charge in [-0.25, -0.2) is 14.6 Å². The summed E-state index contributed by atoms with van der Waals surface area (Å²) in [6, 6.07) is 4.42. The number of hydrogen-bond donors (Lipinski definition) is 1. The fraction of sp³-hybridized carbons (Fsp3) is 0.526. The van der Waals surface area contributed by atoms with Crippen LogP contribution in [0.15, 0.2) is 16.5 Å². The van der Waals surface area contributed by atoms with Crippen LogP contribution in [0.25, 0.3) is 11.2 Å². The number of carbonyl (C=O) groups is 1. The van der Waals surface area contributed by atoms with E-state index in [1.54, 1.807) is 7.11 Å². The molecule has 0 saturated carbocycles. The quantitative estimate of drug-likeness (QED) is 0.628. The van der Waals surface area contributed by atoms with E-state index in [1.807, 2.05) is 23.7 Å². The molecule has 0 aliphatic carbocycles. The first-order valence-corrected chi connectivity index (χ1v) is 9.73. The molecule has 1 saturated heterocycles. The number of carbonyl (C=O) groups excluding carboxylic acids is 1. The van der Waals surface area contributed by atoms with Gasteiger partial charge in [0.1, 0.15) is 5.82 Å². The Hall–Kier alpha value is -3.01. The number of ether oxygens (including phenoxy) is 1. The first-order valence-electron chi connectivity index (χ1n) is 9.73. The van der Waals surface area contributed by atoms with E-state index in [0.717, 1.165) is 37.4 Å². The maximum absolute atomic E-state index is 11.3. The van der Waals surface area contributed by atoms with Crippen molar-refractivity contribution in [1.29, 1.82) is 0 Å². The zero-order valence-electron chi connectivity index (χ0n) is 16.7. The zero-order valence-corrected chi connectivity index (χ0v) is 16.7. The molecule has 4 rings (SSSR count). The van der Waals surface area contributed by atoms with Gasteiger partial charge in [-0.05, 0) is 31.9 Å². The van der Waals surface area contributed by atoms with Crippen LogP contribution in [0.1, 0.15) is 36.1 Å². The van der Waals surface area contributed by atoms with Crippen LogP contribution in [-0.4, -0.2) is 57.4 Å². The number of amides is 1. The van der Waals surface area contributed by atoms with Crippen LogP contribution in [0.4, 0.5) is 6.01 Å². The van der Waals surface area contributed by atoms with Gasteiger partial charge in [-0.2, -0.15) is 10.1 Å². The number of nitrogens with zero attached hydrogens (tertiary/aromatic N) is 6. The molecule has 2 N–H and O–H groups in total. The molecule has 3 aromatic rings. The lowest BCUT2D eigenvalue weighted by Crippen LogP contribution is -2.34. The van der Waals surface area contributed by atoms with Gasteiger partial charge < -0.3 is 19.8 Å². The van der Waals surface area contributed by atoms with Gasteiger partial charge in [-0.1, -0.05) is 0 Å². The van der Waals surface area contributed by atoms with Gasteiger partial charge in [-0.15, -0.1) is 0 Å². The van der Waals surface area contributed by atoms with E-state index < -0.39 is 5.91 Å². The molecule has 1 aliphatic rings. The summed E-state index contributed by atoms with van der Waals surface area (Å²) in [6.45, 7) is 4.64. The maximum Gasteiger partial charge on any atom is 0.299 e. The molecular formula is C19H25N7O3. The minimum Gasteiger partial charge on any atom is -0.422 e. The van der Waals surface area contributed by atoms with Crippen molar-refractivity contribution in [2.75, 3.05) is 31.7 Å². The summed E-state index contributed by atoms with van der Waals surface area (Å²) in [7, 11) is 1.65. The van der Waals surface area contributed by atoms with Crippen LogP contribution in [0.5, 0.6) is 0 Å². The predicted octanol–water partition coefficient (Wildman–Crippen LogP) is 1.18. The number of hydrogen-bond acceptors (Lipinski definition) is 8. The fourth-order valence-corrected chi connectivity index (χ4v) is 3.64. The summed E-state index contributed by atoms with van der Waals surface area (Å²) < 4.78 is 12.9. The highest BCUT2D eigenvalue weighted by Crippen LogP contribution is 2.30. The Kier molecular flexibility index (Phi) is 5.43. The summed E-state index contributed by atoms with van der Waals surface area (Å²) in [6.07, 6.45) is 1.81. The van der Waals surface area contributed by atoms with Gasteiger partial charge in [0.2, 0.25) is 11.6 Å². The fourth-order valence-electron chi connectivity index (χ4n) is 3.64. The third kappa shape index (κ3) is 4.21. The lowest BCUT2D eigenvalue weighted by molar-refractivity contribution is -0.117. The number of primary amides is 1. The Morgan fingerprint density at radius 2 is 2.07 bits per heavy atom. The molecule has 3 aromatic heterocycles. The van der Waals surface area contributed by atoms with E-state index in [9.17, 15) is 4.79 Å². The Morgan fingerprint density at radius 3 is 2.79 bits per heavy atom.